The highest BCUT2D eigenvalue weighted by Gasteiger charge is 2.07. The van der Waals surface area contributed by atoms with Gasteiger partial charge in [0, 0.05) is 30.2 Å². The SMILES string of the molecule is Nc1cc(F)cc(C(=O)NCCc2ccncc2)c1. The fraction of sp³-hybridized carbons (Fsp3) is 0.143. The topological polar surface area (TPSA) is 68.0 Å². The number of aromatic nitrogens is 1. The number of benzene rings is 1. The van der Waals surface area contributed by atoms with Crippen LogP contribution in [0.1, 0.15) is 15.9 Å². The molecule has 19 heavy (non-hydrogen) atoms. The molecule has 0 fully saturated rings. The van der Waals surface area contributed by atoms with E-state index in [2.05, 4.69) is 10.3 Å². The lowest BCUT2D eigenvalue weighted by Gasteiger charge is -2.06. The van der Waals surface area contributed by atoms with Crippen LogP contribution in [0.5, 0.6) is 0 Å². The minimum atomic E-state index is -0.515. The predicted octanol–water partition coefficient (Wildman–Crippen LogP) is 1.78. The van der Waals surface area contributed by atoms with Crippen molar-refractivity contribution >= 4 is 11.6 Å². The van der Waals surface area contributed by atoms with Gasteiger partial charge in [-0.2, -0.15) is 0 Å². The quantitative estimate of drug-likeness (QED) is 0.822. The summed E-state index contributed by atoms with van der Waals surface area (Å²) >= 11 is 0. The second kappa shape index (κ2) is 5.95. The summed E-state index contributed by atoms with van der Waals surface area (Å²) in [7, 11) is 0. The third-order valence-corrected chi connectivity index (χ3v) is 2.63. The number of rotatable bonds is 4. The average Bonchev–Trinajstić information content (AvgIpc) is 2.38. The maximum absolute atomic E-state index is 13.1. The first-order chi connectivity index (χ1) is 9.15. The van der Waals surface area contributed by atoms with Gasteiger partial charge in [-0.15, -0.1) is 0 Å². The fourth-order valence-electron chi connectivity index (χ4n) is 1.72. The van der Waals surface area contributed by atoms with Crippen molar-refractivity contribution < 1.29 is 9.18 Å². The van der Waals surface area contributed by atoms with Crippen LogP contribution < -0.4 is 11.1 Å². The van der Waals surface area contributed by atoms with E-state index in [1.54, 1.807) is 12.4 Å². The van der Waals surface area contributed by atoms with Crippen molar-refractivity contribution in [3.8, 4) is 0 Å². The molecule has 0 atom stereocenters. The number of carbonyl (C=O) groups excluding carboxylic acids is 1. The molecule has 0 aliphatic carbocycles. The van der Waals surface area contributed by atoms with Crippen LogP contribution >= 0.6 is 0 Å². The van der Waals surface area contributed by atoms with Gasteiger partial charge in [0.05, 0.1) is 0 Å². The summed E-state index contributed by atoms with van der Waals surface area (Å²) in [5, 5.41) is 2.72. The molecule has 0 aliphatic rings. The number of hydrogen-bond acceptors (Lipinski definition) is 3. The van der Waals surface area contributed by atoms with Gasteiger partial charge in [0.2, 0.25) is 0 Å². The van der Waals surface area contributed by atoms with Gasteiger partial charge in [0.1, 0.15) is 5.82 Å². The van der Waals surface area contributed by atoms with Crippen molar-refractivity contribution in [3.05, 3.63) is 59.7 Å². The molecule has 5 heteroatoms. The third-order valence-electron chi connectivity index (χ3n) is 2.63. The minimum absolute atomic E-state index is 0.229. The molecule has 2 aromatic rings. The number of pyridine rings is 1. The monoisotopic (exact) mass is 259 g/mol. The van der Waals surface area contributed by atoms with E-state index in [9.17, 15) is 9.18 Å². The van der Waals surface area contributed by atoms with Gasteiger partial charge in [-0.05, 0) is 42.3 Å². The second-order valence-corrected chi connectivity index (χ2v) is 4.13. The standard InChI is InChI=1S/C14H14FN3O/c15-12-7-11(8-13(16)9-12)14(19)18-6-3-10-1-4-17-5-2-10/h1-2,4-5,7-9H,3,6,16H2,(H,18,19). The zero-order chi connectivity index (χ0) is 13.7. The molecule has 1 aromatic heterocycles. The van der Waals surface area contributed by atoms with E-state index < -0.39 is 5.82 Å². The van der Waals surface area contributed by atoms with E-state index in [1.165, 1.54) is 12.1 Å². The summed E-state index contributed by atoms with van der Waals surface area (Å²) < 4.78 is 13.1. The number of anilines is 1. The van der Waals surface area contributed by atoms with E-state index in [4.69, 9.17) is 5.73 Å². The molecular weight excluding hydrogens is 245 g/mol. The van der Waals surface area contributed by atoms with Crippen LogP contribution in [0, 0.1) is 5.82 Å². The highest BCUT2D eigenvalue weighted by molar-refractivity contribution is 5.95. The summed E-state index contributed by atoms with van der Waals surface area (Å²) in [6.45, 7) is 0.471. The Morgan fingerprint density at radius 2 is 2.00 bits per heavy atom. The zero-order valence-corrected chi connectivity index (χ0v) is 10.3. The number of nitrogens with one attached hydrogen (secondary N) is 1. The van der Waals surface area contributed by atoms with Crippen LogP contribution in [0.15, 0.2) is 42.7 Å². The van der Waals surface area contributed by atoms with Gasteiger partial charge in [-0.25, -0.2) is 4.39 Å². The van der Waals surface area contributed by atoms with Crippen molar-refractivity contribution in [2.75, 3.05) is 12.3 Å². The summed E-state index contributed by atoms with van der Waals surface area (Å²) in [6, 6.07) is 7.55. The van der Waals surface area contributed by atoms with Gasteiger partial charge < -0.3 is 11.1 Å². The Kier molecular flexibility index (Phi) is 4.07. The van der Waals surface area contributed by atoms with E-state index >= 15 is 0 Å². The highest BCUT2D eigenvalue weighted by atomic mass is 19.1. The van der Waals surface area contributed by atoms with Crippen molar-refractivity contribution in [2.24, 2.45) is 0 Å². The summed E-state index contributed by atoms with van der Waals surface area (Å²) in [6.07, 6.45) is 4.09. The van der Waals surface area contributed by atoms with E-state index in [0.717, 1.165) is 11.6 Å². The first kappa shape index (κ1) is 13.0. The van der Waals surface area contributed by atoms with Crippen molar-refractivity contribution in [2.45, 2.75) is 6.42 Å². The Balaban J connectivity index is 1.91. The largest absolute Gasteiger partial charge is 0.399 e. The number of hydrogen-bond donors (Lipinski definition) is 2. The second-order valence-electron chi connectivity index (χ2n) is 4.13. The maximum Gasteiger partial charge on any atom is 0.251 e. The molecule has 1 amide bonds. The van der Waals surface area contributed by atoms with E-state index in [0.29, 0.717) is 13.0 Å². The molecule has 2 rings (SSSR count). The van der Waals surface area contributed by atoms with Crippen LogP contribution in [-0.2, 0) is 6.42 Å². The van der Waals surface area contributed by atoms with Crippen LogP contribution in [0.2, 0.25) is 0 Å². The number of nitrogens with zero attached hydrogens (tertiary/aromatic N) is 1. The molecule has 0 unspecified atom stereocenters. The normalized spacial score (nSPS) is 10.2. The van der Waals surface area contributed by atoms with Crippen LogP contribution in [0.3, 0.4) is 0 Å². The Morgan fingerprint density at radius 1 is 1.26 bits per heavy atom. The number of nitrogens with two attached hydrogens (primary N) is 1. The number of nitrogen functional groups attached to an aromatic ring is 1. The van der Waals surface area contributed by atoms with E-state index in [-0.39, 0.29) is 17.2 Å². The van der Waals surface area contributed by atoms with Gasteiger partial charge in [-0.1, -0.05) is 0 Å². The molecule has 98 valence electrons. The summed E-state index contributed by atoms with van der Waals surface area (Å²) in [4.78, 5) is 15.7. The Hall–Kier alpha value is -2.43. The number of amides is 1. The molecule has 1 heterocycles. The zero-order valence-electron chi connectivity index (χ0n) is 10.3. The Labute approximate surface area is 110 Å². The first-order valence-corrected chi connectivity index (χ1v) is 5.88. The number of carbonyl (C=O) groups is 1. The van der Waals surface area contributed by atoms with E-state index in [1.807, 2.05) is 12.1 Å². The lowest BCUT2D eigenvalue weighted by atomic mass is 10.1. The lowest BCUT2D eigenvalue weighted by Crippen LogP contribution is -2.25. The van der Waals surface area contributed by atoms with Crippen LogP contribution in [-0.4, -0.2) is 17.4 Å². The molecule has 0 bridgehead atoms. The molecule has 0 radical (unpaired) electrons. The Morgan fingerprint density at radius 3 is 2.68 bits per heavy atom. The van der Waals surface area contributed by atoms with Crippen molar-refractivity contribution in [3.63, 3.8) is 0 Å². The van der Waals surface area contributed by atoms with Crippen molar-refractivity contribution in [1.82, 2.24) is 10.3 Å². The van der Waals surface area contributed by atoms with Gasteiger partial charge in [-0.3, -0.25) is 9.78 Å². The molecule has 0 saturated heterocycles. The smallest absolute Gasteiger partial charge is 0.251 e. The molecular formula is C14H14FN3O. The molecule has 1 aromatic carbocycles. The predicted molar refractivity (Wildman–Crippen MR) is 71.1 cm³/mol. The molecule has 0 saturated carbocycles. The van der Waals surface area contributed by atoms with Crippen molar-refractivity contribution in [1.29, 1.82) is 0 Å². The fourth-order valence-corrected chi connectivity index (χ4v) is 1.72. The summed E-state index contributed by atoms with van der Waals surface area (Å²) in [5.41, 5.74) is 7.03. The maximum atomic E-state index is 13.1. The van der Waals surface area contributed by atoms with Crippen LogP contribution in [0.4, 0.5) is 10.1 Å². The lowest BCUT2D eigenvalue weighted by molar-refractivity contribution is 0.0953. The van der Waals surface area contributed by atoms with Crippen LogP contribution in [0.25, 0.3) is 0 Å². The summed E-state index contributed by atoms with van der Waals surface area (Å²) in [5.74, 6) is -0.848. The highest BCUT2D eigenvalue weighted by Crippen LogP contribution is 2.10. The molecule has 4 nitrogen and oxygen atoms in total. The number of halogens is 1. The minimum Gasteiger partial charge on any atom is -0.399 e. The Bertz CT molecular complexity index is 552. The molecule has 3 N–H and O–H groups in total. The van der Waals surface area contributed by atoms with Gasteiger partial charge in [0.25, 0.3) is 5.91 Å². The molecule has 0 aliphatic heterocycles. The van der Waals surface area contributed by atoms with Gasteiger partial charge in [0.15, 0.2) is 0 Å². The average molecular weight is 259 g/mol. The molecule has 0 spiro atoms. The third kappa shape index (κ3) is 3.77. The first-order valence-electron chi connectivity index (χ1n) is 5.88. The van der Waals surface area contributed by atoms with Gasteiger partial charge >= 0.3 is 0 Å².